The molecule has 1 aliphatic rings. The third kappa shape index (κ3) is 3.44. The average molecular weight is 360 g/mol. The monoisotopic (exact) mass is 359 g/mol. The molecular weight excluding hydrogens is 346 g/mol. The molecule has 26 heavy (non-hydrogen) atoms. The van der Waals surface area contributed by atoms with Gasteiger partial charge < -0.3 is 4.74 Å². The number of benzene rings is 3. The summed E-state index contributed by atoms with van der Waals surface area (Å²) in [7, 11) is 0. The highest BCUT2D eigenvalue weighted by molar-refractivity contribution is 6.30. The third-order valence-corrected chi connectivity index (χ3v) is 4.29. The normalized spacial score (nSPS) is 15.7. The molecule has 0 amide bonds. The molecule has 0 aromatic heterocycles. The van der Waals surface area contributed by atoms with Gasteiger partial charge in [-0.25, -0.2) is 9.79 Å². The van der Waals surface area contributed by atoms with Gasteiger partial charge in [0.1, 0.15) is 0 Å². The number of rotatable bonds is 3. The van der Waals surface area contributed by atoms with Crippen LogP contribution in [0.25, 0.3) is 22.9 Å². The Morgan fingerprint density at radius 3 is 2.50 bits per heavy atom. The van der Waals surface area contributed by atoms with Crippen LogP contribution in [0.15, 0.2) is 83.5 Å². The summed E-state index contributed by atoms with van der Waals surface area (Å²) in [5.74, 6) is -0.176. The van der Waals surface area contributed by atoms with Crippen LogP contribution in [0.2, 0.25) is 5.02 Å². The lowest BCUT2D eigenvalue weighted by Crippen LogP contribution is -2.01. The zero-order valence-electron chi connectivity index (χ0n) is 13.7. The first-order valence-corrected chi connectivity index (χ1v) is 8.51. The van der Waals surface area contributed by atoms with Crippen molar-refractivity contribution in [2.45, 2.75) is 0 Å². The maximum Gasteiger partial charge on any atom is 0.363 e. The van der Waals surface area contributed by atoms with Gasteiger partial charge in [-0.05, 0) is 46.2 Å². The van der Waals surface area contributed by atoms with Crippen LogP contribution in [0, 0.1) is 0 Å². The number of carbonyl (C=O) groups is 1. The van der Waals surface area contributed by atoms with E-state index in [0.29, 0.717) is 5.02 Å². The predicted octanol–water partition coefficient (Wildman–Crippen LogP) is 5.50. The van der Waals surface area contributed by atoms with E-state index in [-0.39, 0.29) is 11.6 Å². The number of nitrogens with zero attached hydrogens (tertiary/aromatic N) is 1. The number of ether oxygens (including phenoxy) is 1. The number of halogens is 1. The van der Waals surface area contributed by atoms with Crippen molar-refractivity contribution in [1.29, 1.82) is 0 Å². The first kappa shape index (κ1) is 16.3. The Bertz CT molecular complexity index is 1070. The molecule has 1 heterocycles. The maximum atomic E-state index is 12.1. The van der Waals surface area contributed by atoms with E-state index in [1.807, 2.05) is 60.7 Å². The number of esters is 1. The molecule has 3 aromatic carbocycles. The third-order valence-electron chi connectivity index (χ3n) is 4.04. The van der Waals surface area contributed by atoms with Gasteiger partial charge in [0.15, 0.2) is 5.70 Å². The lowest BCUT2D eigenvalue weighted by molar-refractivity contribution is -0.129. The first-order valence-electron chi connectivity index (χ1n) is 8.13. The molecule has 0 fully saturated rings. The Kier molecular flexibility index (Phi) is 4.38. The van der Waals surface area contributed by atoms with Crippen LogP contribution in [0.5, 0.6) is 0 Å². The fourth-order valence-corrected chi connectivity index (χ4v) is 2.89. The SMILES string of the molecule is O=C1OC(C=Cc2ccc(Cl)cc2)=NC1=Cc1cccc2ccccc12. The molecule has 3 aromatic rings. The summed E-state index contributed by atoms with van der Waals surface area (Å²) >= 11 is 5.87. The second-order valence-corrected chi connectivity index (χ2v) is 6.26. The van der Waals surface area contributed by atoms with Crippen LogP contribution in [-0.2, 0) is 9.53 Å². The van der Waals surface area contributed by atoms with Crippen molar-refractivity contribution >= 4 is 46.4 Å². The molecule has 0 radical (unpaired) electrons. The van der Waals surface area contributed by atoms with Crippen molar-refractivity contribution in [2.75, 3.05) is 0 Å². The summed E-state index contributed by atoms with van der Waals surface area (Å²) in [4.78, 5) is 16.4. The van der Waals surface area contributed by atoms with E-state index in [1.165, 1.54) is 0 Å². The van der Waals surface area contributed by atoms with Gasteiger partial charge in [-0.15, -0.1) is 0 Å². The molecule has 0 saturated heterocycles. The summed E-state index contributed by atoms with van der Waals surface area (Å²) in [5, 5.41) is 2.85. The van der Waals surface area contributed by atoms with E-state index in [4.69, 9.17) is 16.3 Å². The average Bonchev–Trinajstić information content (AvgIpc) is 3.01. The zero-order valence-corrected chi connectivity index (χ0v) is 14.5. The Morgan fingerprint density at radius 2 is 1.65 bits per heavy atom. The van der Waals surface area contributed by atoms with E-state index in [2.05, 4.69) is 4.99 Å². The van der Waals surface area contributed by atoms with Crippen molar-refractivity contribution in [3.05, 3.63) is 94.7 Å². The molecule has 3 nitrogen and oxygen atoms in total. The van der Waals surface area contributed by atoms with Gasteiger partial charge in [0.05, 0.1) is 0 Å². The number of hydrogen-bond donors (Lipinski definition) is 0. The van der Waals surface area contributed by atoms with E-state index in [0.717, 1.165) is 21.9 Å². The van der Waals surface area contributed by atoms with Crippen molar-refractivity contribution in [3.8, 4) is 0 Å². The molecule has 0 atom stereocenters. The molecule has 0 unspecified atom stereocenters. The predicted molar refractivity (Wildman–Crippen MR) is 106 cm³/mol. The van der Waals surface area contributed by atoms with Gasteiger partial charge in [0.2, 0.25) is 5.90 Å². The Morgan fingerprint density at radius 1 is 0.885 bits per heavy atom. The first-order chi connectivity index (χ1) is 12.7. The number of hydrogen-bond acceptors (Lipinski definition) is 3. The Hall–Kier alpha value is -3.17. The highest BCUT2D eigenvalue weighted by Crippen LogP contribution is 2.23. The highest BCUT2D eigenvalue weighted by atomic mass is 35.5. The van der Waals surface area contributed by atoms with Crippen molar-refractivity contribution in [2.24, 2.45) is 4.99 Å². The molecule has 1 aliphatic heterocycles. The second-order valence-electron chi connectivity index (χ2n) is 5.82. The number of carbonyl (C=O) groups excluding carboxylic acids is 1. The van der Waals surface area contributed by atoms with Gasteiger partial charge in [0.25, 0.3) is 0 Å². The number of aliphatic imine (C=N–C) groups is 1. The van der Waals surface area contributed by atoms with Gasteiger partial charge in [-0.1, -0.05) is 66.2 Å². The number of fused-ring (bicyclic) bond motifs is 1. The topological polar surface area (TPSA) is 38.7 Å². The standard InChI is InChI=1S/C22H14ClNO2/c23-18-11-8-15(9-12-18)10-13-21-24-20(22(25)26-21)14-17-6-3-5-16-4-1-2-7-19(16)17/h1-14H. The Balaban J connectivity index is 1.63. The molecule has 0 saturated carbocycles. The molecule has 0 bridgehead atoms. The summed E-state index contributed by atoms with van der Waals surface area (Å²) < 4.78 is 5.23. The van der Waals surface area contributed by atoms with E-state index in [9.17, 15) is 4.79 Å². The lowest BCUT2D eigenvalue weighted by atomic mass is 10.0. The van der Waals surface area contributed by atoms with Crippen LogP contribution in [-0.4, -0.2) is 11.9 Å². The summed E-state index contributed by atoms with van der Waals surface area (Å²) in [6.45, 7) is 0. The van der Waals surface area contributed by atoms with Crippen LogP contribution in [0.3, 0.4) is 0 Å². The van der Waals surface area contributed by atoms with Gasteiger partial charge in [-0.3, -0.25) is 0 Å². The fraction of sp³-hybridized carbons (Fsp3) is 0. The molecule has 0 N–H and O–H groups in total. The summed E-state index contributed by atoms with van der Waals surface area (Å²) in [5.41, 5.74) is 2.17. The molecule has 0 spiro atoms. The summed E-state index contributed by atoms with van der Waals surface area (Å²) in [6.07, 6.45) is 5.25. The van der Waals surface area contributed by atoms with Gasteiger partial charge in [0, 0.05) is 11.1 Å². The van der Waals surface area contributed by atoms with Crippen LogP contribution in [0.4, 0.5) is 0 Å². The van der Waals surface area contributed by atoms with Crippen molar-refractivity contribution in [3.63, 3.8) is 0 Å². The molecule has 4 heteroatoms. The zero-order chi connectivity index (χ0) is 17.9. The maximum absolute atomic E-state index is 12.1. The van der Waals surface area contributed by atoms with Crippen molar-refractivity contribution in [1.82, 2.24) is 0 Å². The highest BCUT2D eigenvalue weighted by Gasteiger charge is 2.21. The van der Waals surface area contributed by atoms with E-state index < -0.39 is 5.97 Å². The van der Waals surface area contributed by atoms with Gasteiger partial charge in [-0.2, -0.15) is 0 Å². The van der Waals surface area contributed by atoms with Crippen LogP contribution >= 0.6 is 11.6 Å². The van der Waals surface area contributed by atoms with Crippen LogP contribution in [0.1, 0.15) is 11.1 Å². The molecule has 126 valence electrons. The Labute approximate surface area is 155 Å². The second kappa shape index (κ2) is 6.98. The number of cyclic esters (lactones) is 1. The lowest BCUT2D eigenvalue weighted by Gasteiger charge is -2.01. The minimum Gasteiger partial charge on any atom is -0.403 e. The molecule has 0 aliphatic carbocycles. The minimum atomic E-state index is -0.450. The largest absolute Gasteiger partial charge is 0.403 e. The van der Waals surface area contributed by atoms with E-state index >= 15 is 0 Å². The summed E-state index contributed by atoms with van der Waals surface area (Å²) in [6, 6.07) is 21.3. The molecular formula is C22H14ClNO2. The van der Waals surface area contributed by atoms with Crippen LogP contribution < -0.4 is 0 Å². The van der Waals surface area contributed by atoms with E-state index in [1.54, 1.807) is 24.3 Å². The minimum absolute atomic E-state index is 0.274. The van der Waals surface area contributed by atoms with Crippen molar-refractivity contribution < 1.29 is 9.53 Å². The quantitative estimate of drug-likeness (QED) is 0.457. The smallest absolute Gasteiger partial charge is 0.363 e. The fourth-order valence-electron chi connectivity index (χ4n) is 2.76. The molecule has 4 rings (SSSR count). The van der Waals surface area contributed by atoms with Gasteiger partial charge >= 0.3 is 5.97 Å².